The van der Waals surface area contributed by atoms with Crippen LogP contribution in [0.15, 0.2) is 12.7 Å². The maximum Gasteiger partial charge on any atom is 0.330 e. The highest BCUT2D eigenvalue weighted by molar-refractivity contribution is 5.81. The van der Waals surface area contributed by atoms with Gasteiger partial charge >= 0.3 is 5.97 Å². The first-order chi connectivity index (χ1) is 3.31. The van der Waals surface area contributed by atoms with Crippen LogP contribution in [0.1, 0.15) is 6.92 Å². The molecule has 0 heterocycles. The number of hydrogen-bond donors (Lipinski definition) is 0. The minimum Gasteiger partial charge on any atom is -0.463 e. The molecule has 0 atom stereocenters. The van der Waals surface area contributed by atoms with Crippen LogP contribution in [0, 0.1) is 0 Å². The molecule has 0 saturated heterocycles. The zero-order valence-electron chi connectivity index (χ0n) is 4.81. The van der Waals surface area contributed by atoms with Crippen LogP contribution in [-0.2, 0) is 9.53 Å². The van der Waals surface area contributed by atoms with Gasteiger partial charge in [-0.1, -0.05) is 6.58 Å². The van der Waals surface area contributed by atoms with Gasteiger partial charge in [-0.2, -0.15) is 0 Å². The van der Waals surface area contributed by atoms with E-state index in [-0.39, 0.29) is 11.4 Å². The number of carbonyl (C=O) groups excluding carboxylic acids is 1. The van der Waals surface area contributed by atoms with E-state index < -0.39 is 0 Å². The molecule has 0 aromatic rings. The predicted octanol–water partition coefficient (Wildman–Crippen LogP) is -0.0892. The lowest BCUT2D eigenvalue weighted by molar-refractivity contribution is -0.137. The van der Waals surface area contributed by atoms with Crippen LogP contribution in [0.2, 0.25) is 0 Å². The Kier molecular flexibility index (Phi) is 7.88. The summed E-state index contributed by atoms with van der Waals surface area (Å²) in [5, 5.41) is 0. The number of hydrogen-bond acceptors (Lipinski definition) is 2. The van der Waals surface area contributed by atoms with Gasteiger partial charge in [0.1, 0.15) is 0 Å². The number of ether oxygens (including phenoxy) is 1. The summed E-state index contributed by atoms with van der Waals surface area (Å²) in [5.74, 6) is -0.359. The summed E-state index contributed by atoms with van der Waals surface area (Å²) in [6.45, 7) is 5.38. The molecule has 0 rings (SSSR count). The molecule has 0 unspecified atom stereocenters. The molecule has 0 fully saturated rings. The molecular weight excluding hydrogens is 108 g/mol. The Bertz CT molecular complexity index is 77.7. The molecule has 0 amide bonds. The molecule has 0 aliphatic carbocycles. The Morgan fingerprint density at radius 3 is 2.50 bits per heavy atom. The van der Waals surface area contributed by atoms with Crippen LogP contribution in [-0.4, -0.2) is 18.1 Å². The minimum absolute atomic E-state index is 0. The summed E-state index contributed by atoms with van der Waals surface area (Å²) in [6.07, 6.45) is 1.14. The van der Waals surface area contributed by atoms with Crippen molar-refractivity contribution in [1.82, 2.24) is 0 Å². The lowest BCUT2D eigenvalue weighted by Gasteiger charge is -1.90. The second kappa shape index (κ2) is 6.17. The molecule has 48 valence electrons. The highest BCUT2D eigenvalue weighted by atomic mass is 16.5. The first kappa shape index (κ1) is 10.2. The van der Waals surface area contributed by atoms with Crippen LogP contribution in [0.4, 0.5) is 0 Å². The van der Waals surface area contributed by atoms with Crippen molar-refractivity contribution in [2.24, 2.45) is 0 Å². The normalized spacial score (nSPS) is 6.62. The van der Waals surface area contributed by atoms with Crippen molar-refractivity contribution in [1.29, 1.82) is 0 Å². The van der Waals surface area contributed by atoms with E-state index in [4.69, 9.17) is 0 Å². The van der Waals surface area contributed by atoms with Gasteiger partial charge in [0, 0.05) is 6.08 Å². The van der Waals surface area contributed by atoms with Gasteiger partial charge in [-0.25, -0.2) is 4.79 Å². The predicted molar refractivity (Wildman–Crippen MR) is 30.4 cm³/mol. The van der Waals surface area contributed by atoms with E-state index in [2.05, 4.69) is 11.3 Å². The Morgan fingerprint density at radius 2 is 2.38 bits per heavy atom. The maximum absolute atomic E-state index is 10.1. The molecule has 0 bridgehead atoms. The fourth-order valence-electron chi connectivity index (χ4n) is 0.201. The smallest absolute Gasteiger partial charge is 0.330 e. The lowest BCUT2D eigenvalue weighted by Crippen LogP contribution is -1.97. The van der Waals surface area contributed by atoms with Crippen molar-refractivity contribution < 1.29 is 15.0 Å². The Morgan fingerprint density at radius 1 is 1.88 bits per heavy atom. The van der Waals surface area contributed by atoms with E-state index in [1.54, 1.807) is 6.92 Å². The molecule has 8 heavy (non-hydrogen) atoms. The minimum atomic E-state index is -0.359. The third-order valence-electron chi connectivity index (χ3n) is 0.453. The quantitative estimate of drug-likeness (QED) is 0.376. The van der Waals surface area contributed by atoms with Crippen LogP contribution in [0.3, 0.4) is 0 Å². The molecule has 3 heteroatoms. The molecule has 0 aliphatic rings. The maximum atomic E-state index is 10.1. The topological polar surface area (TPSA) is 57.8 Å². The molecule has 0 radical (unpaired) electrons. The second-order valence-electron chi connectivity index (χ2n) is 0.956. The van der Waals surface area contributed by atoms with Gasteiger partial charge < -0.3 is 10.2 Å². The molecular formula is C5H10O3. The molecule has 3 nitrogen and oxygen atoms in total. The van der Waals surface area contributed by atoms with E-state index in [9.17, 15) is 4.79 Å². The summed E-state index contributed by atoms with van der Waals surface area (Å²) in [7, 11) is 0. The summed E-state index contributed by atoms with van der Waals surface area (Å²) in [5.41, 5.74) is 0. The zero-order chi connectivity index (χ0) is 5.70. The largest absolute Gasteiger partial charge is 0.463 e. The van der Waals surface area contributed by atoms with Crippen molar-refractivity contribution in [2.75, 3.05) is 6.61 Å². The Hall–Kier alpha value is -0.830. The highest BCUT2D eigenvalue weighted by Crippen LogP contribution is 1.74. The van der Waals surface area contributed by atoms with Gasteiger partial charge in [-0.3, -0.25) is 0 Å². The Balaban J connectivity index is 0. The first-order valence-corrected chi connectivity index (χ1v) is 2.10. The summed E-state index contributed by atoms with van der Waals surface area (Å²) in [6, 6.07) is 0. The molecule has 0 saturated carbocycles. The van der Waals surface area contributed by atoms with Gasteiger partial charge in [0.15, 0.2) is 0 Å². The van der Waals surface area contributed by atoms with Crippen molar-refractivity contribution >= 4 is 5.97 Å². The van der Waals surface area contributed by atoms with Crippen LogP contribution in [0.25, 0.3) is 0 Å². The number of rotatable bonds is 2. The van der Waals surface area contributed by atoms with Crippen molar-refractivity contribution in [3.63, 3.8) is 0 Å². The van der Waals surface area contributed by atoms with E-state index in [1.807, 2.05) is 0 Å². The van der Waals surface area contributed by atoms with Gasteiger partial charge in [0.25, 0.3) is 0 Å². The van der Waals surface area contributed by atoms with Gasteiger partial charge in [-0.05, 0) is 6.92 Å². The average molecular weight is 118 g/mol. The Labute approximate surface area is 48.3 Å². The van der Waals surface area contributed by atoms with E-state index in [1.165, 1.54) is 0 Å². The summed E-state index contributed by atoms with van der Waals surface area (Å²) >= 11 is 0. The van der Waals surface area contributed by atoms with E-state index in [0.717, 1.165) is 6.08 Å². The molecule has 0 spiro atoms. The zero-order valence-corrected chi connectivity index (χ0v) is 4.81. The second-order valence-corrected chi connectivity index (χ2v) is 0.956. The van der Waals surface area contributed by atoms with Gasteiger partial charge in [0.2, 0.25) is 0 Å². The average Bonchev–Trinajstić information content (AvgIpc) is 1.68. The van der Waals surface area contributed by atoms with Crippen LogP contribution < -0.4 is 0 Å². The first-order valence-electron chi connectivity index (χ1n) is 2.10. The fourth-order valence-corrected chi connectivity index (χ4v) is 0.201. The summed E-state index contributed by atoms with van der Waals surface area (Å²) < 4.78 is 4.43. The van der Waals surface area contributed by atoms with E-state index in [0.29, 0.717) is 6.61 Å². The molecule has 2 N–H and O–H groups in total. The van der Waals surface area contributed by atoms with Gasteiger partial charge in [0.05, 0.1) is 6.61 Å². The molecule has 0 aromatic heterocycles. The van der Waals surface area contributed by atoms with E-state index >= 15 is 0 Å². The molecule has 0 aromatic carbocycles. The van der Waals surface area contributed by atoms with Crippen LogP contribution >= 0.6 is 0 Å². The third kappa shape index (κ3) is 5.17. The lowest BCUT2D eigenvalue weighted by atomic mass is 10.6. The van der Waals surface area contributed by atoms with Crippen molar-refractivity contribution in [3.05, 3.63) is 12.7 Å². The third-order valence-corrected chi connectivity index (χ3v) is 0.453. The standard InChI is InChI=1S/C5H8O2.H2O/c1-3-5(6)7-4-2;/h3H,1,4H2,2H3;1H2. The summed E-state index contributed by atoms with van der Waals surface area (Å²) in [4.78, 5) is 10.1. The van der Waals surface area contributed by atoms with Crippen molar-refractivity contribution in [2.45, 2.75) is 6.92 Å². The van der Waals surface area contributed by atoms with Crippen LogP contribution in [0.5, 0.6) is 0 Å². The monoisotopic (exact) mass is 118 g/mol. The number of esters is 1. The number of carbonyl (C=O) groups is 1. The SMILES string of the molecule is C=CC(=O)OCC.O. The highest BCUT2D eigenvalue weighted by Gasteiger charge is 1.86. The van der Waals surface area contributed by atoms with Crippen molar-refractivity contribution in [3.8, 4) is 0 Å². The fraction of sp³-hybridized carbons (Fsp3) is 0.400. The van der Waals surface area contributed by atoms with Gasteiger partial charge in [-0.15, -0.1) is 0 Å². The molecule has 0 aliphatic heterocycles.